The first-order valence-corrected chi connectivity index (χ1v) is 8.22. The van der Waals surface area contributed by atoms with E-state index in [-0.39, 0.29) is 11.3 Å². The molecule has 5 rings (SSSR count). The maximum atomic E-state index is 12.8. The number of nitrogens with zero attached hydrogens (tertiary/aromatic N) is 6. The Balaban J connectivity index is 1.31. The maximum Gasteiger partial charge on any atom is 0.257 e. The van der Waals surface area contributed by atoms with Gasteiger partial charge in [0.2, 0.25) is 0 Å². The quantitative estimate of drug-likeness (QED) is 0.766. The normalized spacial score (nSPS) is 22.2. The number of piperidine rings is 1. The zero-order chi connectivity index (χ0) is 16.1. The molecule has 2 fully saturated rings. The summed E-state index contributed by atoms with van der Waals surface area (Å²) in [6.45, 7) is 1.55. The van der Waals surface area contributed by atoms with E-state index >= 15 is 0 Å². The van der Waals surface area contributed by atoms with Crippen molar-refractivity contribution in [2.75, 3.05) is 13.1 Å². The van der Waals surface area contributed by atoms with Gasteiger partial charge in [0.05, 0.1) is 17.3 Å². The Morgan fingerprint density at radius 3 is 2.96 bits per heavy atom. The molecule has 3 aromatic heterocycles. The van der Waals surface area contributed by atoms with Gasteiger partial charge >= 0.3 is 0 Å². The Bertz CT molecular complexity index is 892. The average molecular weight is 323 g/mol. The number of amides is 1. The van der Waals surface area contributed by atoms with Crippen LogP contribution in [0.4, 0.5) is 0 Å². The van der Waals surface area contributed by atoms with Crippen molar-refractivity contribution < 1.29 is 4.79 Å². The van der Waals surface area contributed by atoms with Gasteiger partial charge in [-0.3, -0.25) is 4.79 Å². The first-order chi connectivity index (χ1) is 11.8. The van der Waals surface area contributed by atoms with Crippen LogP contribution in [0.1, 0.15) is 41.4 Å². The number of aromatic nitrogens is 6. The van der Waals surface area contributed by atoms with Crippen LogP contribution in [0.2, 0.25) is 0 Å². The number of hydrogen-bond acceptors (Lipinski definition) is 5. The predicted octanol–water partition coefficient (Wildman–Crippen LogP) is 1.26. The number of carbonyl (C=O) groups is 1. The van der Waals surface area contributed by atoms with Gasteiger partial charge in [0.15, 0.2) is 5.82 Å². The first kappa shape index (κ1) is 13.6. The molecule has 1 aliphatic heterocycles. The smallest absolute Gasteiger partial charge is 0.257 e. The van der Waals surface area contributed by atoms with Gasteiger partial charge in [-0.05, 0) is 36.8 Å². The fourth-order valence-electron chi connectivity index (χ4n) is 4.01. The van der Waals surface area contributed by atoms with Gasteiger partial charge in [0.25, 0.3) is 5.91 Å². The molecule has 1 N–H and O–H groups in total. The van der Waals surface area contributed by atoms with E-state index < -0.39 is 0 Å². The molecule has 1 unspecified atom stereocenters. The molecule has 3 aromatic rings. The van der Waals surface area contributed by atoms with Crippen LogP contribution in [-0.2, 0) is 0 Å². The summed E-state index contributed by atoms with van der Waals surface area (Å²) in [6.07, 6.45) is 6.62. The fourth-order valence-corrected chi connectivity index (χ4v) is 4.01. The number of H-pyrrole nitrogens is 1. The second-order valence-corrected chi connectivity index (χ2v) is 6.77. The molecule has 122 valence electrons. The molecule has 1 saturated heterocycles. The van der Waals surface area contributed by atoms with Gasteiger partial charge in [-0.1, -0.05) is 11.3 Å². The summed E-state index contributed by atoms with van der Waals surface area (Å²) in [5, 5.41) is 18.7. The highest BCUT2D eigenvalue weighted by atomic mass is 16.2. The van der Waals surface area contributed by atoms with Gasteiger partial charge in [-0.15, -0.1) is 10.2 Å². The zero-order valence-corrected chi connectivity index (χ0v) is 13.1. The molecular weight excluding hydrogens is 306 g/mol. The highest BCUT2D eigenvalue weighted by molar-refractivity contribution is 6.00. The second kappa shape index (κ2) is 4.86. The number of pyridine rings is 1. The molecule has 1 amide bonds. The predicted molar refractivity (Wildman–Crippen MR) is 84.3 cm³/mol. The molecule has 8 heteroatoms. The van der Waals surface area contributed by atoms with Crippen LogP contribution >= 0.6 is 0 Å². The third-order valence-corrected chi connectivity index (χ3v) is 5.57. The molecule has 1 spiro atoms. The Labute approximate surface area is 137 Å². The third-order valence-electron chi connectivity index (χ3n) is 5.57. The van der Waals surface area contributed by atoms with E-state index in [4.69, 9.17) is 0 Å². The molecule has 0 aromatic carbocycles. The Kier molecular flexibility index (Phi) is 2.76. The summed E-state index contributed by atoms with van der Waals surface area (Å²) in [5.41, 5.74) is 1.80. The molecule has 1 atom stereocenters. The molecular formula is C16H17N7O. The Morgan fingerprint density at radius 1 is 1.29 bits per heavy atom. The van der Waals surface area contributed by atoms with Crippen LogP contribution in [0.25, 0.3) is 5.52 Å². The maximum absolute atomic E-state index is 12.8. The lowest BCUT2D eigenvalue weighted by Crippen LogP contribution is -2.39. The van der Waals surface area contributed by atoms with Crippen molar-refractivity contribution in [3.05, 3.63) is 42.0 Å². The van der Waals surface area contributed by atoms with Crippen LogP contribution in [-0.4, -0.2) is 54.1 Å². The van der Waals surface area contributed by atoms with Crippen LogP contribution in [0.5, 0.6) is 0 Å². The largest absolute Gasteiger partial charge is 0.338 e. The van der Waals surface area contributed by atoms with Crippen LogP contribution < -0.4 is 0 Å². The molecule has 1 saturated carbocycles. The van der Waals surface area contributed by atoms with Crippen molar-refractivity contribution in [1.82, 2.24) is 35.1 Å². The van der Waals surface area contributed by atoms with Crippen LogP contribution in [0.3, 0.4) is 0 Å². The molecule has 2 aliphatic rings. The van der Waals surface area contributed by atoms with Crippen molar-refractivity contribution in [2.45, 2.75) is 25.2 Å². The van der Waals surface area contributed by atoms with Crippen LogP contribution in [0.15, 0.2) is 30.6 Å². The van der Waals surface area contributed by atoms with Crippen molar-refractivity contribution in [3.8, 4) is 0 Å². The number of tetrazole rings is 1. The fraction of sp³-hybridized carbons (Fsp3) is 0.438. The lowest BCUT2D eigenvalue weighted by molar-refractivity contribution is 0.0676. The van der Waals surface area contributed by atoms with E-state index in [9.17, 15) is 4.79 Å². The van der Waals surface area contributed by atoms with Gasteiger partial charge in [0, 0.05) is 25.2 Å². The van der Waals surface area contributed by atoms with Crippen molar-refractivity contribution in [2.24, 2.45) is 5.41 Å². The van der Waals surface area contributed by atoms with Crippen molar-refractivity contribution >= 4 is 11.4 Å². The van der Waals surface area contributed by atoms with Crippen molar-refractivity contribution in [3.63, 3.8) is 0 Å². The van der Waals surface area contributed by atoms with Crippen molar-refractivity contribution in [1.29, 1.82) is 0 Å². The summed E-state index contributed by atoms with van der Waals surface area (Å²) >= 11 is 0. The van der Waals surface area contributed by atoms with E-state index in [1.165, 1.54) is 0 Å². The zero-order valence-electron chi connectivity index (χ0n) is 13.1. The van der Waals surface area contributed by atoms with E-state index in [0.717, 1.165) is 43.7 Å². The number of rotatable bonds is 2. The number of fused-ring (bicyclic) bond motifs is 1. The van der Waals surface area contributed by atoms with Gasteiger partial charge < -0.3 is 4.90 Å². The third kappa shape index (κ3) is 1.95. The lowest BCUT2D eigenvalue weighted by atomic mass is 9.90. The minimum atomic E-state index is 0.0720. The summed E-state index contributed by atoms with van der Waals surface area (Å²) < 4.78 is 1.74. The summed E-state index contributed by atoms with van der Waals surface area (Å²) in [6, 6.07) is 5.77. The van der Waals surface area contributed by atoms with Gasteiger partial charge in [-0.25, -0.2) is 4.52 Å². The number of nitrogens with one attached hydrogen (secondary N) is 1. The number of hydrogen-bond donors (Lipinski definition) is 1. The van der Waals surface area contributed by atoms with Gasteiger partial charge in [0.1, 0.15) is 0 Å². The van der Waals surface area contributed by atoms with E-state index in [1.54, 1.807) is 10.7 Å². The number of aromatic amines is 1. The molecule has 0 radical (unpaired) electrons. The average Bonchev–Trinajstić information content (AvgIpc) is 3.02. The summed E-state index contributed by atoms with van der Waals surface area (Å²) in [7, 11) is 0. The topological polar surface area (TPSA) is 92.1 Å². The Hall–Kier alpha value is -2.77. The number of likely N-dealkylation sites (tertiary alicyclic amines) is 1. The molecule has 8 nitrogen and oxygen atoms in total. The highest BCUT2D eigenvalue weighted by Gasteiger charge is 2.57. The number of carbonyl (C=O) groups excluding carboxylic acids is 1. The standard InChI is InChI=1S/C16H17N7O/c24-15(11-10-17-23-6-2-1-3-13(11)23)22-7-4-16(5-8-22)9-12(16)14-18-20-21-19-14/h1-3,6,10,12H,4-5,7-9H2,(H,18,19,20,21). The van der Waals surface area contributed by atoms with E-state index in [0.29, 0.717) is 11.5 Å². The minimum absolute atomic E-state index is 0.0720. The molecule has 1 aliphatic carbocycles. The SMILES string of the molecule is O=C(c1cnn2ccccc12)N1CCC2(CC1)CC2c1nn[nH]n1. The summed E-state index contributed by atoms with van der Waals surface area (Å²) in [4.78, 5) is 14.8. The lowest BCUT2D eigenvalue weighted by Gasteiger charge is -2.32. The molecule has 0 bridgehead atoms. The minimum Gasteiger partial charge on any atom is -0.338 e. The first-order valence-electron chi connectivity index (χ1n) is 8.22. The van der Waals surface area contributed by atoms with Crippen LogP contribution in [0, 0.1) is 5.41 Å². The summed E-state index contributed by atoms with van der Waals surface area (Å²) in [5.74, 6) is 1.28. The molecule has 24 heavy (non-hydrogen) atoms. The second-order valence-electron chi connectivity index (χ2n) is 6.77. The molecule has 4 heterocycles. The highest BCUT2D eigenvalue weighted by Crippen LogP contribution is 2.64. The van der Waals surface area contributed by atoms with E-state index in [1.807, 2.05) is 29.3 Å². The van der Waals surface area contributed by atoms with Gasteiger partial charge in [-0.2, -0.15) is 10.3 Å². The monoisotopic (exact) mass is 323 g/mol. The van der Waals surface area contributed by atoms with E-state index in [2.05, 4.69) is 25.7 Å². The Morgan fingerprint density at radius 2 is 2.17 bits per heavy atom.